The van der Waals surface area contributed by atoms with E-state index in [0.29, 0.717) is 18.4 Å². The first-order chi connectivity index (χ1) is 15.7. The summed E-state index contributed by atoms with van der Waals surface area (Å²) >= 11 is 1.11. The Morgan fingerprint density at radius 3 is 2.58 bits per heavy atom. The second-order valence-corrected chi connectivity index (χ2v) is 12.7. The second kappa shape index (κ2) is 9.33. The van der Waals surface area contributed by atoms with Gasteiger partial charge >= 0.3 is 6.01 Å². The van der Waals surface area contributed by atoms with E-state index < -0.39 is 31.8 Å². The maximum absolute atomic E-state index is 13.0. The molecule has 0 saturated carbocycles. The number of hydrogen-bond acceptors (Lipinski definition) is 9. The van der Waals surface area contributed by atoms with Gasteiger partial charge in [0.05, 0.1) is 10.6 Å². The van der Waals surface area contributed by atoms with E-state index in [1.54, 1.807) is 18.4 Å². The summed E-state index contributed by atoms with van der Waals surface area (Å²) < 4.78 is 56.8. The maximum Gasteiger partial charge on any atom is 0.322 e. The summed E-state index contributed by atoms with van der Waals surface area (Å²) in [5, 5.41) is 11.9. The van der Waals surface area contributed by atoms with E-state index in [1.807, 2.05) is 0 Å². The van der Waals surface area contributed by atoms with Crippen molar-refractivity contribution in [3.05, 3.63) is 41.8 Å². The third kappa shape index (κ3) is 4.86. The molecule has 0 spiro atoms. The van der Waals surface area contributed by atoms with Crippen LogP contribution in [0.25, 0.3) is 11.5 Å². The molecule has 0 aliphatic carbocycles. The highest BCUT2D eigenvalue weighted by Crippen LogP contribution is 2.29. The molecule has 3 aromatic rings. The minimum Gasteiger partial charge on any atom is -0.403 e. The molecule has 1 amide bonds. The highest BCUT2D eigenvalue weighted by molar-refractivity contribution is 7.91. The standard InChI is InChI=1S/C20H22N4O6S3/c1-2-32(26,27)15-10-8-14(9-11-15)19-22-23-20(30-19)21-18(25)16-6-3-4-12-24(16)33(28,29)17-7-5-13-31-17/h5,7-11,13,16H,2-4,6,12H2,1H3,(H,21,23,25). The van der Waals surface area contributed by atoms with Gasteiger partial charge in [-0.3, -0.25) is 10.1 Å². The SMILES string of the molecule is CCS(=O)(=O)c1ccc(-c2nnc(NC(=O)C3CCCCN3S(=O)(=O)c3cccs3)o2)cc1. The summed E-state index contributed by atoms with van der Waals surface area (Å²) in [6.07, 6.45) is 1.77. The summed E-state index contributed by atoms with van der Waals surface area (Å²) in [5.74, 6) is -0.462. The Labute approximate surface area is 195 Å². The molecule has 10 nitrogen and oxygen atoms in total. The molecule has 176 valence electrons. The number of piperidine rings is 1. The van der Waals surface area contributed by atoms with Crippen molar-refractivity contribution in [1.82, 2.24) is 14.5 Å². The normalized spacial score (nSPS) is 17.7. The highest BCUT2D eigenvalue weighted by Gasteiger charge is 2.38. The molecule has 1 unspecified atom stereocenters. The number of carbonyl (C=O) groups is 1. The van der Waals surface area contributed by atoms with E-state index in [4.69, 9.17) is 4.42 Å². The summed E-state index contributed by atoms with van der Waals surface area (Å²) in [7, 11) is -7.12. The van der Waals surface area contributed by atoms with Crippen LogP contribution < -0.4 is 5.32 Å². The Bertz CT molecular complexity index is 1330. The maximum atomic E-state index is 13.0. The van der Waals surface area contributed by atoms with Crippen LogP contribution >= 0.6 is 11.3 Å². The molecule has 1 aromatic carbocycles. The minimum atomic E-state index is -3.79. The van der Waals surface area contributed by atoms with E-state index in [0.717, 1.165) is 17.8 Å². The van der Waals surface area contributed by atoms with Gasteiger partial charge in [0, 0.05) is 12.1 Å². The van der Waals surface area contributed by atoms with Crippen LogP contribution in [0.1, 0.15) is 26.2 Å². The van der Waals surface area contributed by atoms with Crippen LogP contribution in [0.2, 0.25) is 0 Å². The number of amides is 1. The fourth-order valence-electron chi connectivity index (χ4n) is 3.53. The van der Waals surface area contributed by atoms with Gasteiger partial charge in [0.15, 0.2) is 9.84 Å². The van der Waals surface area contributed by atoms with Crippen molar-refractivity contribution >= 4 is 43.1 Å². The van der Waals surface area contributed by atoms with Crippen LogP contribution in [0.15, 0.2) is 55.3 Å². The Morgan fingerprint density at radius 2 is 1.91 bits per heavy atom. The van der Waals surface area contributed by atoms with E-state index in [9.17, 15) is 21.6 Å². The van der Waals surface area contributed by atoms with Gasteiger partial charge in [0.1, 0.15) is 10.3 Å². The number of aromatic nitrogens is 2. The van der Waals surface area contributed by atoms with E-state index in [1.165, 1.54) is 34.6 Å². The fourth-order valence-corrected chi connectivity index (χ4v) is 7.19. The monoisotopic (exact) mass is 510 g/mol. The van der Waals surface area contributed by atoms with Crippen LogP contribution in [0.5, 0.6) is 0 Å². The van der Waals surface area contributed by atoms with Crippen molar-refractivity contribution in [2.24, 2.45) is 0 Å². The quantitative estimate of drug-likeness (QED) is 0.512. The van der Waals surface area contributed by atoms with Gasteiger partial charge < -0.3 is 4.42 Å². The highest BCUT2D eigenvalue weighted by atomic mass is 32.2. The third-order valence-corrected chi connectivity index (χ3v) is 10.3. The lowest BCUT2D eigenvalue weighted by Crippen LogP contribution is -2.49. The molecule has 1 aliphatic rings. The van der Waals surface area contributed by atoms with E-state index in [-0.39, 0.29) is 33.3 Å². The molecule has 33 heavy (non-hydrogen) atoms. The van der Waals surface area contributed by atoms with Crippen LogP contribution in [0.3, 0.4) is 0 Å². The molecule has 0 bridgehead atoms. The van der Waals surface area contributed by atoms with Crippen molar-refractivity contribution in [3.63, 3.8) is 0 Å². The molecule has 1 fully saturated rings. The first kappa shape index (κ1) is 23.5. The van der Waals surface area contributed by atoms with Gasteiger partial charge in [0.25, 0.3) is 10.0 Å². The number of sulfonamides is 1. The van der Waals surface area contributed by atoms with Gasteiger partial charge in [-0.2, -0.15) is 4.31 Å². The Hall–Kier alpha value is -2.61. The molecule has 1 saturated heterocycles. The second-order valence-electron chi connectivity index (χ2n) is 7.39. The van der Waals surface area contributed by atoms with Crippen LogP contribution in [-0.2, 0) is 24.7 Å². The molecule has 4 rings (SSSR count). The van der Waals surface area contributed by atoms with Crippen molar-refractivity contribution in [2.75, 3.05) is 17.6 Å². The Balaban J connectivity index is 1.50. The number of nitrogens with one attached hydrogen (secondary N) is 1. The predicted molar refractivity (Wildman–Crippen MR) is 122 cm³/mol. The van der Waals surface area contributed by atoms with Crippen LogP contribution in [0, 0.1) is 0 Å². The number of sulfone groups is 1. The van der Waals surface area contributed by atoms with Gasteiger partial charge in [-0.05, 0) is 48.6 Å². The number of benzene rings is 1. The summed E-state index contributed by atoms with van der Waals surface area (Å²) in [5.41, 5.74) is 0.484. The van der Waals surface area contributed by atoms with Crippen molar-refractivity contribution in [1.29, 1.82) is 0 Å². The lowest BCUT2D eigenvalue weighted by molar-refractivity contribution is -0.120. The zero-order valence-electron chi connectivity index (χ0n) is 17.7. The van der Waals surface area contributed by atoms with Gasteiger partial charge in [-0.1, -0.05) is 24.5 Å². The topological polar surface area (TPSA) is 140 Å². The molecular weight excluding hydrogens is 488 g/mol. The van der Waals surface area contributed by atoms with Crippen molar-refractivity contribution < 1.29 is 26.0 Å². The first-order valence-corrected chi connectivity index (χ1v) is 14.2. The van der Waals surface area contributed by atoms with Crippen LogP contribution in [0.4, 0.5) is 6.01 Å². The molecule has 2 aromatic heterocycles. The number of nitrogens with zero attached hydrogens (tertiary/aromatic N) is 3. The molecule has 1 N–H and O–H groups in total. The molecule has 1 aliphatic heterocycles. The number of hydrogen-bond donors (Lipinski definition) is 1. The van der Waals surface area contributed by atoms with Crippen molar-refractivity contribution in [2.45, 2.75) is 41.3 Å². The summed E-state index contributed by atoms with van der Waals surface area (Å²) in [6.45, 7) is 1.82. The largest absolute Gasteiger partial charge is 0.403 e. The number of thiophene rings is 1. The smallest absolute Gasteiger partial charge is 0.322 e. The molecule has 13 heteroatoms. The Morgan fingerprint density at radius 1 is 1.15 bits per heavy atom. The van der Waals surface area contributed by atoms with Crippen molar-refractivity contribution in [3.8, 4) is 11.5 Å². The zero-order chi connectivity index (χ0) is 23.6. The molecule has 1 atom stereocenters. The van der Waals surface area contributed by atoms with E-state index >= 15 is 0 Å². The molecule has 3 heterocycles. The van der Waals surface area contributed by atoms with E-state index in [2.05, 4.69) is 15.5 Å². The predicted octanol–water partition coefficient (Wildman–Crippen LogP) is 2.77. The average molecular weight is 511 g/mol. The fraction of sp³-hybridized carbons (Fsp3) is 0.350. The number of rotatable bonds is 7. The summed E-state index contributed by atoms with van der Waals surface area (Å²) in [6, 6.07) is 8.10. The minimum absolute atomic E-state index is 0.0104. The lowest BCUT2D eigenvalue weighted by atomic mass is 10.0. The van der Waals surface area contributed by atoms with Gasteiger partial charge in [-0.15, -0.1) is 16.4 Å². The van der Waals surface area contributed by atoms with Gasteiger partial charge in [0.2, 0.25) is 11.8 Å². The Kier molecular flexibility index (Phi) is 6.66. The lowest BCUT2D eigenvalue weighted by Gasteiger charge is -2.32. The zero-order valence-corrected chi connectivity index (χ0v) is 20.1. The van der Waals surface area contributed by atoms with Gasteiger partial charge in [-0.25, -0.2) is 16.8 Å². The summed E-state index contributed by atoms with van der Waals surface area (Å²) in [4.78, 5) is 13.1. The molecule has 0 radical (unpaired) electrons. The third-order valence-electron chi connectivity index (χ3n) is 5.31. The number of anilines is 1. The first-order valence-electron chi connectivity index (χ1n) is 10.3. The van der Waals surface area contributed by atoms with Crippen LogP contribution in [-0.4, -0.2) is 55.6 Å². The number of carbonyl (C=O) groups excluding carboxylic acids is 1. The average Bonchev–Trinajstić information content (AvgIpc) is 3.52. The molecular formula is C20H22N4O6S3.